The van der Waals surface area contributed by atoms with Gasteiger partial charge in [-0.25, -0.2) is 8.42 Å². The Labute approximate surface area is 190 Å². The average molecular weight is 471 g/mol. The molecule has 1 aromatic heterocycles. The van der Waals surface area contributed by atoms with E-state index in [0.29, 0.717) is 35.4 Å². The molecule has 9 heteroatoms. The standard InChI is InChI=1S/C23H22N2O5S2/c1-30-20-12-5-4-11-19(20)25(32(28,29)21-13-8-16-31-21)15-7-6-14-24-22(26)17-9-2-3-10-18(17)23(24)27/h2-5,8-13,16H,6-7,14-15H2,1H3. The number of fused-ring (bicyclic) bond motifs is 1. The van der Waals surface area contributed by atoms with Crippen molar-refractivity contribution in [2.24, 2.45) is 0 Å². The Morgan fingerprint density at radius 3 is 2.19 bits per heavy atom. The van der Waals surface area contributed by atoms with E-state index in [9.17, 15) is 18.0 Å². The molecule has 4 rings (SSSR count). The summed E-state index contributed by atoms with van der Waals surface area (Å²) in [4.78, 5) is 26.3. The van der Waals surface area contributed by atoms with Crippen LogP contribution in [0.5, 0.6) is 5.75 Å². The smallest absolute Gasteiger partial charge is 0.273 e. The molecule has 32 heavy (non-hydrogen) atoms. The third kappa shape index (κ3) is 4.01. The molecule has 7 nitrogen and oxygen atoms in total. The second-order valence-corrected chi connectivity index (χ2v) is 10.2. The third-order valence-corrected chi connectivity index (χ3v) is 8.45. The van der Waals surface area contributed by atoms with E-state index in [1.54, 1.807) is 66.0 Å². The number of amides is 2. The SMILES string of the molecule is COc1ccccc1N(CCCCN1C(=O)c2ccccc2C1=O)S(=O)(=O)c1cccs1. The van der Waals surface area contributed by atoms with E-state index < -0.39 is 10.0 Å². The van der Waals surface area contributed by atoms with Crippen molar-refractivity contribution in [3.63, 3.8) is 0 Å². The highest BCUT2D eigenvalue weighted by molar-refractivity contribution is 7.94. The molecule has 0 unspecified atom stereocenters. The molecule has 2 amide bonds. The maximum Gasteiger partial charge on any atom is 0.273 e. The molecule has 0 spiro atoms. The van der Waals surface area contributed by atoms with Crippen molar-refractivity contribution in [1.82, 2.24) is 4.90 Å². The molecule has 0 N–H and O–H groups in total. The summed E-state index contributed by atoms with van der Waals surface area (Å²) in [6.07, 6.45) is 0.924. The van der Waals surface area contributed by atoms with E-state index in [1.807, 2.05) is 0 Å². The van der Waals surface area contributed by atoms with Crippen molar-refractivity contribution in [2.45, 2.75) is 17.1 Å². The summed E-state index contributed by atoms with van der Waals surface area (Å²) >= 11 is 1.15. The monoisotopic (exact) mass is 470 g/mol. The summed E-state index contributed by atoms with van der Waals surface area (Å²) in [7, 11) is -2.29. The van der Waals surface area contributed by atoms with Gasteiger partial charge in [0.25, 0.3) is 21.8 Å². The lowest BCUT2D eigenvalue weighted by atomic mass is 10.1. The van der Waals surface area contributed by atoms with Crippen LogP contribution in [0.2, 0.25) is 0 Å². The van der Waals surface area contributed by atoms with Gasteiger partial charge in [-0.1, -0.05) is 30.3 Å². The molecule has 0 aliphatic carbocycles. The lowest BCUT2D eigenvalue weighted by Gasteiger charge is -2.25. The highest BCUT2D eigenvalue weighted by Crippen LogP contribution is 2.33. The normalized spacial score (nSPS) is 13.3. The Bertz CT molecular complexity index is 1200. The van der Waals surface area contributed by atoms with Crippen LogP contribution in [-0.4, -0.2) is 45.3 Å². The predicted octanol–water partition coefficient (Wildman–Crippen LogP) is 4.03. The molecule has 0 atom stereocenters. The van der Waals surface area contributed by atoms with Crippen molar-refractivity contribution in [2.75, 3.05) is 24.5 Å². The molecular weight excluding hydrogens is 448 g/mol. The quantitative estimate of drug-likeness (QED) is 0.348. The van der Waals surface area contributed by atoms with Gasteiger partial charge >= 0.3 is 0 Å². The van der Waals surface area contributed by atoms with Gasteiger partial charge in [-0.3, -0.25) is 18.8 Å². The van der Waals surface area contributed by atoms with Crippen LogP contribution in [0.25, 0.3) is 0 Å². The van der Waals surface area contributed by atoms with Crippen molar-refractivity contribution >= 4 is 38.9 Å². The second kappa shape index (κ2) is 9.13. The number of carbonyl (C=O) groups is 2. The minimum absolute atomic E-state index is 0.184. The van der Waals surface area contributed by atoms with Crippen molar-refractivity contribution < 1.29 is 22.7 Å². The van der Waals surface area contributed by atoms with Gasteiger partial charge < -0.3 is 4.74 Å². The Morgan fingerprint density at radius 2 is 1.56 bits per heavy atom. The Hall–Kier alpha value is -3.17. The number of hydrogen-bond donors (Lipinski definition) is 0. The van der Waals surface area contributed by atoms with Gasteiger partial charge in [-0.2, -0.15) is 0 Å². The largest absolute Gasteiger partial charge is 0.495 e. The fourth-order valence-electron chi connectivity index (χ4n) is 3.69. The van der Waals surface area contributed by atoms with Crippen LogP contribution in [-0.2, 0) is 10.0 Å². The van der Waals surface area contributed by atoms with Gasteiger partial charge in [-0.05, 0) is 48.6 Å². The summed E-state index contributed by atoms with van der Waals surface area (Å²) < 4.78 is 33.6. The van der Waals surface area contributed by atoms with Gasteiger partial charge in [0.2, 0.25) is 0 Å². The number of nitrogens with zero attached hydrogens (tertiary/aromatic N) is 2. The molecule has 0 radical (unpaired) electrons. The van der Waals surface area contributed by atoms with Crippen LogP contribution in [0.3, 0.4) is 0 Å². The van der Waals surface area contributed by atoms with Gasteiger partial charge in [0.15, 0.2) is 0 Å². The van der Waals surface area contributed by atoms with Crippen LogP contribution in [0.15, 0.2) is 70.3 Å². The van der Waals surface area contributed by atoms with Gasteiger partial charge in [0, 0.05) is 13.1 Å². The fraction of sp³-hybridized carbons (Fsp3) is 0.217. The minimum Gasteiger partial charge on any atom is -0.495 e. The van der Waals surface area contributed by atoms with E-state index in [4.69, 9.17) is 4.74 Å². The summed E-state index contributed by atoms with van der Waals surface area (Å²) in [6.45, 7) is 0.412. The number of hydrogen-bond acceptors (Lipinski definition) is 6. The molecule has 0 saturated heterocycles. The number of benzene rings is 2. The number of carbonyl (C=O) groups excluding carboxylic acids is 2. The lowest BCUT2D eigenvalue weighted by molar-refractivity contribution is 0.0652. The fourth-order valence-corrected chi connectivity index (χ4v) is 6.31. The molecule has 2 aromatic carbocycles. The van der Waals surface area contributed by atoms with Crippen LogP contribution in [0.4, 0.5) is 5.69 Å². The molecular formula is C23H22N2O5S2. The number of imide groups is 1. The summed E-state index contributed by atoms with van der Waals surface area (Å²) in [6, 6.07) is 17.0. The number of anilines is 1. The van der Waals surface area contributed by atoms with Crippen molar-refractivity contribution in [3.05, 3.63) is 77.2 Å². The van der Waals surface area contributed by atoms with E-state index in [-0.39, 0.29) is 29.1 Å². The first kappa shape index (κ1) is 22.0. The molecule has 2 heterocycles. The molecule has 0 saturated carbocycles. The molecule has 3 aromatic rings. The molecule has 0 bridgehead atoms. The number of para-hydroxylation sites is 2. The zero-order chi connectivity index (χ0) is 22.7. The maximum atomic E-state index is 13.3. The van der Waals surface area contributed by atoms with Crippen molar-refractivity contribution in [3.8, 4) is 5.75 Å². The van der Waals surface area contributed by atoms with Gasteiger partial charge in [0.1, 0.15) is 9.96 Å². The first-order valence-electron chi connectivity index (χ1n) is 10.1. The zero-order valence-corrected chi connectivity index (χ0v) is 19.1. The number of ether oxygens (including phenoxy) is 1. The zero-order valence-electron chi connectivity index (χ0n) is 17.4. The van der Waals surface area contributed by atoms with Gasteiger partial charge in [0.05, 0.1) is 23.9 Å². The first-order chi connectivity index (χ1) is 15.4. The van der Waals surface area contributed by atoms with E-state index in [2.05, 4.69) is 0 Å². The number of methoxy groups -OCH3 is 1. The van der Waals surface area contributed by atoms with Gasteiger partial charge in [-0.15, -0.1) is 11.3 Å². The van der Waals surface area contributed by atoms with Crippen molar-refractivity contribution in [1.29, 1.82) is 0 Å². The Kier molecular flexibility index (Phi) is 6.29. The average Bonchev–Trinajstić information content (AvgIpc) is 3.43. The highest BCUT2D eigenvalue weighted by Gasteiger charge is 2.34. The lowest BCUT2D eigenvalue weighted by Crippen LogP contribution is -2.34. The Morgan fingerprint density at radius 1 is 0.906 bits per heavy atom. The topological polar surface area (TPSA) is 84.0 Å². The predicted molar refractivity (Wildman–Crippen MR) is 123 cm³/mol. The number of thiophene rings is 1. The molecule has 1 aliphatic heterocycles. The van der Waals surface area contributed by atoms with E-state index in [0.717, 1.165) is 11.3 Å². The van der Waals surface area contributed by atoms with Crippen LogP contribution < -0.4 is 9.04 Å². The van der Waals surface area contributed by atoms with Crippen LogP contribution >= 0.6 is 11.3 Å². The molecule has 1 aliphatic rings. The Balaban J connectivity index is 1.50. The number of unbranched alkanes of at least 4 members (excludes halogenated alkanes) is 1. The second-order valence-electron chi connectivity index (χ2n) is 7.20. The summed E-state index contributed by atoms with van der Waals surface area (Å²) in [5.74, 6) is -0.162. The summed E-state index contributed by atoms with van der Waals surface area (Å²) in [5, 5.41) is 1.72. The highest BCUT2D eigenvalue weighted by atomic mass is 32.2. The number of rotatable bonds is 9. The molecule has 166 valence electrons. The van der Waals surface area contributed by atoms with Crippen LogP contribution in [0, 0.1) is 0 Å². The first-order valence-corrected chi connectivity index (χ1v) is 12.4. The number of sulfonamides is 1. The third-order valence-electron chi connectivity index (χ3n) is 5.26. The van der Waals surface area contributed by atoms with E-state index >= 15 is 0 Å². The van der Waals surface area contributed by atoms with Crippen LogP contribution in [0.1, 0.15) is 33.6 Å². The summed E-state index contributed by atoms with van der Waals surface area (Å²) in [5.41, 5.74) is 1.27. The minimum atomic E-state index is -3.78. The van der Waals surface area contributed by atoms with E-state index in [1.165, 1.54) is 16.3 Å². The maximum absolute atomic E-state index is 13.3. The molecule has 0 fully saturated rings.